The fourth-order valence-corrected chi connectivity index (χ4v) is 5.97. The summed E-state index contributed by atoms with van der Waals surface area (Å²) in [5.74, 6) is -1.32. The minimum atomic E-state index is -0.600. The summed E-state index contributed by atoms with van der Waals surface area (Å²) in [5, 5.41) is 8.41. The number of carbonyl (C=O) groups is 4. The Morgan fingerprint density at radius 2 is 1.65 bits per heavy atom. The van der Waals surface area contributed by atoms with Gasteiger partial charge in [-0.3, -0.25) is 14.4 Å². The first kappa shape index (κ1) is 30.9. The van der Waals surface area contributed by atoms with Crippen molar-refractivity contribution in [2.45, 2.75) is 63.5 Å². The molecule has 0 aliphatic heterocycles. The van der Waals surface area contributed by atoms with Crippen LogP contribution in [0.1, 0.15) is 72.0 Å². The third kappa shape index (κ3) is 8.43. The number of para-hydroxylation sites is 1. The minimum Gasteiger partial charge on any atom is -0.462 e. The normalized spacial score (nSPS) is 11.4. The van der Waals surface area contributed by atoms with Crippen LogP contribution < -0.4 is 16.0 Å². The maximum absolute atomic E-state index is 13.4. The highest BCUT2D eigenvalue weighted by molar-refractivity contribution is 8.00. The van der Waals surface area contributed by atoms with E-state index in [1.165, 1.54) is 11.8 Å². The Morgan fingerprint density at radius 1 is 0.925 bits per heavy atom. The van der Waals surface area contributed by atoms with E-state index >= 15 is 0 Å². The first-order chi connectivity index (χ1) is 19.3. The molecule has 3 rings (SSSR count). The van der Waals surface area contributed by atoms with E-state index in [1.807, 2.05) is 56.3 Å². The first-order valence-electron chi connectivity index (χ1n) is 13.3. The molecule has 2 aromatic carbocycles. The van der Waals surface area contributed by atoms with E-state index in [0.717, 1.165) is 29.1 Å². The van der Waals surface area contributed by atoms with Gasteiger partial charge in [-0.05, 0) is 62.6 Å². The summed E-state index contributed by atoms with van der Waals surface area (Å²) in [4.78, 5) is 52.6. The number of thioether (sulfide) groups is 1. The quantitative estimate of drug-likeness (QED) is 0.146. The van der Waals surface area contributed by atoms with Crippen LogP contribution in [0.15, 0.2) is 59.5 Å². The van der Waals surface area contributed by atoms with Gasteiger partial charge in [0.25, 0.3) is 5.91 Å². The summed E-state index contributed by atoms with van der Waals surface area (Å²) < 4.78 is 5.24. The minimum absolute atomic E-state index is 0.0413. The fourth-order valence-electron chi connectivity index (χ4n) is 3.86. The zero-order valence-corrected chi connectivity index (χ0v) is 24.8. The highest BCUT2D eigenvalue weighted by atomic mass is 32.2. The molecule has 0 bridgehead atoms. The van der Waals surface area contributed by atoms with E-state index in [0.29, 0.717) is 34.7 Å². The molecule has 0 spiro atoms. The van der Waals surface area contributed by atoms with Gasteiger partial charge in [0.2, 0.25) is 11.8 Å². The molecule has 1 unspecified atom stereocenters. The van der Waals surface area contributed by atoms with E-state index in [9.17, 15) is 19.2 Å². The van der Waals surface area contributed by atoms with Crippen LogP contribution in [-0.2, 0) is 14.3 Å². The summed E-state index contributed by atoms with van der Waals surface area (Å²) in [7, 11) is 0. The number of anilines is 3. The average Bonchev–Trinajstić information content (AvgIpc) is 3.26. The number of hydrogen-bond acceptors (Lipinski definition) is 7. The number of nitrogens with one attached hydrogen (secondary N) is 3. The van der Waals surface area contributed by atoms with Gasteiger partial charge < -0.3 is 20.7 Å². The highest BCUT2D eigenvalue weighted by Gasteiger charge is 2.28. The van der Waals surface area contributed by atoms with E-state index in [1.54, 1.807) is 26.0 Å². The van der Waals surface area contributed by atoms with Gasteiger partial charge in [0.05, 0.1) is 22.3 Å². The van der Waals surface area contributed by atoms with Gasteiger partial charge in [-0.1, -0.05) is 44.5 Å². The molecule has 3 aromatic rings. The Balaban J connectivity index is 1.79. The zero-order valence-electron chi connectivity index (χ0n) is 23.2. The number of amides is 3. The van der Waals surface area contributed by atoms with Crippen LogP contribution in [0.25, 0.3) is 0 Å². The van der Waals surface area contributed by atoms with Crippen LogP contribution in [0.3, 0.4) is 0 Å². The van der Waals surface area contributed by atoms with Crippen molar-refractivity contribution in [3.8, 4) is 0 Å². The summed E-state index contributed by atoms with van der Waals surface area (Å²) in [5.41, 5.74) is 1.91. The number of benzene rings is 2. The van der Waals surface area contributed by atoms with E-state index in [-0.39, 0.29) is 34.9 Å². The second kappa shape index (κ2) is 15.2. The molecule has 3 N–H and O–H groups in total. The van der Waals surface area contributed by atoms with Gasteiger partial charge in [-0.15, -0.1) is 23.1 Å². The molecule has 0 aliphatic rings. The monoisotopic (exact) mass is 581 g/mol. The summed E-state index contributed by atoms with van der Waals surface area (Å²) in [6.07, 6.45) is 2.74. The van der Waals surface area contributed by atoms with Crippen LogP contribution in [0, 0.1) is 6.92 Å². The van der Waals surface area contributed by atoms with E-state index in [2.05, 4.69) is 16.0 Å². The fraction of sp³-hybridized carbons (Fsp3) is 0.333. The van der Waals surface area contributed by atoms with Crippen molar-refractivity contribution in [3.05, 3.63) is 70.6 Å². The van der Waals surface area contributed by atoms with Gasteiger partial charge in [-0.25, -0.2) is 4.79 Å². The molecule has 1 heterocycles. The lowest BCUT2D eigenvalue weighted by Gasteiger charge is -2.15. The van der Waals surface area contributed by atoms with Gasteiger partial charge in [-0.2, -0.15) is 0 Å². The average molecular weight is 582 g/mol. The number of hydrogen-bond donors (Lipinski definition) is 3. The Kier molecular flexibility index (Phi) is 11.8. The summed E-state index contributed by atoms with van der Waals surface area (Å²) in [6.45, 7) is 7.47. The second-order valence-corrected chi connectivity index (χ2v) is 11.3. The number of esters is 1. The van der Waals surface area contributed by atoms with Crippen molar-refractivity contribution in [2.24, 2.45) is 0 Å². The molecule has 0 aliphatic carbocycles. The van der Waals surface area contributed by atoms with Crippen LogP contribution in [0.2, 0.25) is 0 Å². The number of ether oxygens (including phenoxy) is 1. The largest absolute Gasteiger partial charge is 0.462 e. The Morgan fingerprint density at radius 3 is 2.33 bits per heavy atom. The molecule has 1 atom stereocenters. The molecule has 1 aromatic heterocycles. The van der Waals surface area contributed by atoms with Crippen molar-refractivity contribution < 1.29 is 23.9 Å². The highest BCUT2D eigenvalue weighted by Crippen LogP contribution is 2.36. The van der Waals surface area contributed by atoms with Crippen molar-refractivity contribution in [3.63, 3.8) is 0 Å². The molecule has 0 radical (unpaired) electrons. The Labute approximate surface area is 243 Å². The Bertz CT molecular complexity index is 1340. The van der Waals surface area contributed by atoms with Gasteiger partial charge >= 0.3 is 5.97 Å². The number of unbranched alkanes of at least 4 members (excludes halogenated alkanes) is 1. The molecule has 8 nitrogen and oxygen atoms in total. The van der Waals surface area contributed by atoms with Crippen molar-refractivity contribution in [1.29, 1.82) is 0 Å². The number of rotatable bonds is 13. The maximum Gasteiger partial charge on any atom is 0.341 e. The smallest absolute Gasteiger partial charge is 0.341 e. The predicted octanol–water partition coefficient (Wildman–Crippen LogP) is 7.12. The number of carbonyl (C=O) groups excluding carboxylic acids is 4. The van der Waals surface area contributed by atoms with Crippen LogP contribution in [-0.4, -0.2) is 35.5 Å². The molecule has 3 amide bonds. The first-order valence-corrected chi connectivity index (χ1v) is 15.0. The summed E-state index contributed by atoms with van der Waals surface area (Å²) >= 11 is 2.41. The van der Waals surface area contributed by atoms with Gasteiger partial charge in [0.1, 0.15) is 5.00 Å². The van der Waals surface area contributed by atoms with Crippen LogP contribution in [0.5, 0.6) is 0 Å². The van der Waals surface area contributed by atoms with Crippen molar-refractivity contribution in [2.75, 3.05) is 22.6 Å². The molecule has 40 heavy (non-hydrogen) atoms. The molecule has 212 valence electrons. The summed E-state index contributed by atoms with van der Waals surface area (Å²) in [6, 6.07) is 16.4. The van der Waals surface area contributed by atoms with Crippen molar-refractivity contribution in [1.82, 2.24) is 0 Å². The van der Waals surface area contributed by atoms with Crippen LogP contribution in [0.4, 0.5) is 16.4 Å². The lowest BCUT2D eigenvalue weighted by Crippen LogP contribution is -2.25. The lowest BCUT2D eigenvalue weighted by molar-refractivity contribution is -0.116. The lowest BCUT2D eigenvalue weighted by atomic mass is 10.1. The Hall–Kier alpha value is -3.63. The SMILES string of the molecule is CCCCC(=O)Nc1cccc(SC(CC)C(=O)Nc2sc(C(=O)Nc3ccccc3)c(C)c2C(=O)OCC)c1. The third-order valence-corrected chi connectivity index (χ3v) is 8.48. The topological polar surface area (TPSA) is 114 Å². The predicted molar refractivity (Wildman–Crippen MR) is 163 cm³/mol. The standard InChI is InChI=1S/C30H35N3O5S2/c1-5-8-17-24(34)31-21-15-12-16-22(18-21)39-23(6-2)27(35)33-29-25(30(37)38-7-3)19(4)26(40-29)28(36)32-20-13-10-9-11-14-20/h9-16,18,23H,5-8,17H2,1-4H3,(H,31,34)(H,32,36)(H,33,35). The van der Waals surface area contributed by atoms with Crippen molar-refractivity contribution >= 4 is 63.2 Å². The van der Waals surface area contributed by atoms with Crippen LogP contribution >= 0.6 is 23.1 Å². The number of thiophene rings is 1. The van der Waals surface area contributed by atoms with Gasteiger partial charge in [0, 0.05) is 22.7 Å². The molecular formula is C30H35N3O5S2. The molecule has 0 fully saturated rings. The third-order valence-electron chi connectivity index (χ3n) is 5.92. The van der Waals surface area contributed by atoms with Gasteiger partial charge in [0.15, 0.2) is 0 Å². The van der Waals surface area contributed by atoms with E-state index < -0.39 is 11.2 Å². The molecular weight excluding hydrogens is 546 g/mol. The van der Waals surface area contributed by atoms with E-state index in [4.69, 9.17) is 4.74 Å². The molecule has 10 heteroatoms. The maximum atomic E-state index is 13.4. The molecule has 0 saturated heterocycles. The second-order valence-electron chi connectivity index (χ2n) is 8.98. The zero-order chi connectivity index (χ0) is 29.1. The molecule has 0 saturated carbocycles.